The zero-order valence-electron chi connectivity index (χ0n) is 13.8. The first-order chi connectivity index (χ1) is 10.6. The molecule has 1 aromatic heterocycles. The Morgan fingerprint density at radius 2 is 1.91 bits per heavy atom. The van der Waals surface area contributed by atoms with Crippen LogP contribution < -0.4 is 10.3 Å². The van der Waals surface area contributed by atoms with E-state index in [9.17, 15) is 0 Å². The molecule has 4 nitrogen and oxygen atoms in total. The van der Waals surface area contributed by atoms with Gasteiger partial charge >= 0.3 is 0 Å². The van der Waals surface area contributed by atoms with Gasteiger partial charge in [0.05, 0.1) is 6.54 Å². The van der Waals surface area contributed by atoms with E-state index in [1.165, 1.54) is 11.1 Å². The Morgan fingerprint density at radius 3 is 2.59 bits per heavy atom. The monoisotopic (exact) mass is 296 g/mol. The van der Waals surface area contributed by atoms with Gasteiger partial charge in [-0.05, 0) is 38.0 Å². The van der Waals surface area contributed by atoms with Crippen molar-refractivity contribution < 1.29 is 0 Å². The van der Waals surface area contributed by atoms with Crippen molar-refractivity contribution in [3.05, 3.63) is 58.8 Å². The first-order valence-corrected chi connectivity index (χ1v) is 7.53. The maximum atomic E-state index is 4.60. The maximum Gasteiger partial charge on any atom is 0.133 e. The van der Waals surface area contributed by atoms with Crippen molar-refractivity contribution in [2.24, 2.45) is 5.10 Å². The number of benzene rings is 1. The molecule has 1 heterocycles. The van der Waals surface area contributed by atoms with E-state index in [0.29, 0.717) is 6.54 Å². The second-order valence-electron chi connectivity index (χ2n) is 5.56. The third-order valence-electron chi connectivity index (χ3n) is 3.47. The van der Waals surface area contributed by atoms with E-state index in [1.54, 1.807) is 6.21 Å². The van der Waals surface area contributed by atoms with Crippen molar-refractivity contribution in [2.45, 2.75) is 33.9 Å². The number of nitrogens with one attached hydrogen (secondary N) is 1. The summed E-state index contributed by atoms with van der Waals surface area (Å²) in [5.74, 6) is 0.991. The number of aryl methyl sites for hydroxylation is 2. The SMILES string of the molecule is C/C=N\NCc1cc(C)cnc1N(C)Cc1ccc(C)cc1. The molecule has 0 spiro atoms. The van der Waals surface area contributed by atoms with Crippen molar-refractivity contribution in [3.63, 3.8) is 0 Å². The van der Waals surface area contributed by atoms with Gasteiger partial charge in [0.15, 0.2) is 0 Å². The number of hydrazone groups is 1. The quantitative estimate of drug-likeness (QED) is 0.656. The van der Waals surface area contributed by atoms with E-state index in [0.717, 1.165) is 23.5 Å². The van der Waals surface area contributed by atoms with Gasteiger partial charge in [0.2, 0.25) is 0 Å². The Bertz CT molecular complexity index is 632. The molecule has 22 heavy (non-hydrogen) atoms. The fourth-order valence-corrected chi connectivity index (χ4v) is 2.36. The van der Waals surface area contributed by atoms with Gasteiger partial charge in [-0.2, -0.15) is 5.10 Å². The van der Waals surface area contributed by atoms with Crippen molar-refractivity contribution in [3.8, 4) is 0 Å². The van der Waals surface area contributed by atoms with E-state index in [-0.39, 0.29) is 0 Å². The third kappa shape index (κ3) is 4.32. The predicted octanol–water partition coefficient (Wildman–Crippen LogP) is 3.43. The van der Waals surface area contributed by atoms with E-state index in [1.807, 2.05) is 13.1 Å². The number of hydrogen-bond acceptors (Lipinski definition) is 4. The van der Waals surface area contributed by atoms with E-state index in [2.05, 4.69) is 71.6 Å². The van der Waals surface area contributed by atoms with Crippen LogP contribution in [0, 0.1) is 13.8 Å². The highest BCUT2D eigenvalue weighted by Crippen LogP contribution is 2.20. The smallest absolute Gasteiger partial charge is 0.133 e. The van der Waals surface area contributed by atoms with Gasteiger partial charge in [0.1, 0.15) is 5.82 Å². The molecule has 0 aliphatic heterocycles. The van der Waals surface area contributed by atoms with Gasteiger partial charge in [-0.3, -0.25) is 0 Å². The second-order valence-corrected chi connectivity index (χ2v) is 5.56. The molecule has 2 aromatic rings. The molecule has 0 radical (unpaired) electrons. The minimum Gasteiger partial charge on any atom is -0.355 e. The lowest BCUT2D eigenvalue weighted by Gasteiger charge is -2.21. The fourth-order valence-electron chi connectivity index (χ4n) is 2.36. The molecule has 1 aromatic carbocycles. The average Bonchev–Trinajstić information content (AvgIpc) is 2.50. The number of nitrogens with zero attached hydrogens (tertiary/aromatic N) is 3. The van der Waals surface area contributed by atoms with Crippen LogP contribution >= 0.6 is 0 Å². The second kappa shape index (κ2) is 7.59. The van der Waals surface area contributed by atoms with Crippen molar-refractivity contribution >= 4 is 12.0 Å². The van der Waals surface area contributed by atoms with E-state index >= 15 is 0 Å². The molecule has 0 atom stereocenters. The van der Waals surface area contributed by atoms with Crippen LogP contribution in [-0.2, 0) is 13.1 Å². The van der Waals surface area contributed by atoms with Crippen LogP contribution in [0.25, 0.3) is 0 Å². The molecule has 4 heteroatoms. The molecule has 116 valence electrons. The summed E-state index contributed by atoms with van der Waals surface area (Å²) < 4.78 is 0. The first kappa shape index (κ1) is 16.0. The lowest BCUT2D eigenvalue weighted by molar-refractivity contribution is 0.736. The van der Waals surface area contributed by atoms with Crippen molar-refractivity contribution in [1.82, 2.24) is 10.4 Å². The Balaban J connectivity index is 2.16. The molecular weight excluding hydrogens is 272 g/mol. The van der Waals surface area contributed by atoms with Crippen molar-refractivity contribution in [2.75, 3.05) is 11.9 Å². The standard InChI is InChI=1S/C18H24N4/c1-5-20-21-12-17-10-15(3)11-19-18(17)22(4)13-16-8-6-14(2)7-9-16/h5-11,21H,12-13H2,1-4H3/b20-5-. The van der Waals surface area contributed by atoms with E-state index < -0.39 is 0 Å². The molecule has 0 saturated heterocycles. The van der Waals surface area contributed by atoms with Gasteiger partial charge in [-0.1, -0.05) is 29.8 Å². The zero-order chi connectivity index (χ0) is 15.9. The summed E-state index contributed by atoms with van der Waals surface area (Å²) in [5.41, 5.74) is 7.92. The van der Waals surface area contributed by atoms with Crippen LogP contribution in [0.5, 0.6) is 0 Å². The maximum absolute atomic E-state index is 4.60. The number of aromatic nitrogens is 1. The topological polar surface area (TPSA) is 40.5 Å². The lowest BCUT2D eigenvalue weighted by atomic mass is 10.1. The van der Waals surface area contributed by atoms with Gasteiger partial charge < -0.3 is 10.3 Å². The van der Waals surface area contributed by atoms with Crippen LogP contribution in [0.1, 0.15) is 29.2 Å². The molecule has 0 amide bonds. The molecule has 0 aliphatic rings. The molecule has 0 unspecified atom stereocenters. The zero-order valence-corrected chi connectivity index (χ0v) is 13.8. The van der Waals surface area contributed by atoms with Crippen LogP contribution in [0.3, 0.4) is 0 Å². The predicted molar refractivity (Wildman–Crippen MR) is 93.3 cm³/mol. The highest BCUT2D eigenvalue weighted by atomic mass is 15.3. The Hall–Kier alpha value is -2.36. The van der Waals surface area contributed by atoms with Crippen LogP contribution in [0.15, 0.2) is 41.6 Å². The summed E-state index contributed by atoms with van der Waals surface area (Å²) in [6.45, 7) is 7.56. The molecule has 0 saturated carbocycles. The molecule has 2 rings (SSSR count). The van der Waals surface area contributed by atoms with Crippen LogP contribution in [-0.4, -0.2) is 18.2 Å². The van der Waals surface area contributed by atoms with E-state index in [4.69, 9.17) is 0 Å². The van der Waals surface area contributed by atoms with Crippen LogP contribution in [0.2, 0.25) is 0 Å². The van der Waals surface area contributed by atoms with Gasteiger partial charge in [0.25, 0.3) is 0 Å². The summed E-state index contributed by atoms with van der Waals surface area (Å²) in [4.78, 5) is 6.78. The first-order valence-electron chi connectivity index (χ1n) is 7.53. The molecule has 0 bridgehead atoms. The summed E-state index contributed by atoms with van der Waals surface area (Å²) in [6, 6.07) is 10.8. The number of anilines is 1. The minimum absolute atomic E-state index is 0.673. The fraction of sp³-hybridized carbons (Fsp3) is 0.333. The number of rotatable bonds is 6. The van der Waals surface area contributed by atoms with Gasteiger partial charge in [-0.15, -0.1) is 0 Å². The average molecular weight is 296 g/mol. The normalized spacial score (nSPS) is 10.9. The summed E-state index contributed by atoms with van der Waals surface area (Å²) in [7, 11) is 2.07. The minimum atomic E-state index is 0.673. The van der Waals surface area contributed by atoms with Crippen LogP contribution in [0.4, 0.5) is 5.82 Å². The Kier molecular flexibility index (Phi) is 5.53. The Morgan fingerprint density at radius 1 is 1.18 bits per heavy atom. The molecular formula is C18H24N4. The lowest BCUT2D eigenvalue weighted by Crippen LogP contribution is -2.21. The highest BCUT2D eigenvalue weighted by Gasteiger charge is 2.10. The van der Waals surface area contributed by atoms with Crippen molar-refractivity contribution in [1.29, 1.82) is 0 Å². The highest BCUT2D eigenvalue weighted by molar-refractivity contribution is 5.53. The number of hydrogen-bond donors (Lipinski definition) is 1. The summed E-state index contributed by atoms with van der Waals surface area (Å²) >= 11 is 0. The van der Waals surface area contributed by atoms with Gasteiger partial charge in [0, 0.05) is 31.6 Å². The molecule has 0 aliphatic carbocycles. The summed E-state index contributed by atoms with van der Waals surface area (Å²) in [5, 5.41) is 4.07. The molecule has 1 N–H and O–H groups in total. The largest absolute Gasteiger partial charge is 0.355 e. The van der Waals surface area contributed by atoms with Gasteiger partial charge in [-0.25, -0.2) is 4.98 Å². The number of pyridine rings is 1. The Labute approximate surface area is 132 Å². The summed E-state index contributed by atoms with van der Waals surface area (Å²) in [6.07, 6.45) is 3.66. The molecule has 0 fully saturated rings. The third-order valence-corrected chi connectivity index (χ3v) is 3.47.